The number of alkyl halides is 3. The molecule has 0 saturated carbocycles. The van der Waals surface area contributed by atoms with E-state index in [-0.39, 0.29) is 25.9 Å². The Labute approximate surface area is 122 Å². The first-order chi connectivity index (χ1) is 9.51. The van der Waals surface area contributed by atoms with Crippen LogP contribution < -0.4 is 5.32 Å². The Morgan fingerprint density at radius 2 is 2.00 bits per heavy atom. The number of amides is 1. The van der Waals surface area contributed by atoms with Gasteiger partial charge in [-0.25, -0.2) is 4.79 Å². The van der Waals surface area contributed by atoms with Crippen LogP contribution in [0.5, 0.6) is 0 Å². The number of hydrogen-bond donors (Lipinski definition) is 1. The quantitative estimate of drug-likeness (QED) is 0.756. The van der Waals surface area contributed by atoms with Crippen LogP contribution in [0.4, 0.5) is 18.0 Å². The molecule has 1 saturated heterocycles. The number of alkyl carbamates (subject to hydrolysis) is 1. The standard InChI is InChI=1S/C13H20F3N3O2/c1-12(2,3)21-11(20)18-10-6-9(13(14,15)16)4-5-19(7-10)8-17/h9-10H,4-7H2,1-3H3,(H,18,20). The molecule has 1 aliphatic heterocycles. The second-order valence-electron chi connectivity index (χ2n) is 6.15. The first kappa shape index (κ1) is 17.4. The summed E-state index contributed by atoms with van der Waals surface area (Å²) in [5.41, 5.74) is -0.729. The molecule has 2 unspecified atom stereocenters. The van der Waals surface area contributed by atoms with E-state index in [1.165, 1.54) is 4.90 Å². The summed E-state index contributed by atoms with van der Waals surface area (Å²) in [5.74, 6) is -1.53. The van der Waals surface area contributed by atoms with Gasteiger partial charge in [0, 0.05) is 13.1 Å². The van der Waals surface area contributed by atoms with Crippen molar-refractivity contribution in [1.82, 2.24) is 10.2 Å². The Morgan fingerprint density at radius 3 is 2.48 bits per heavy atom. The highest BCUT2D eigenvalue weighted by atomic mass is 19.4. The summed E-state index contributed by atoms with van der Waals surface area (Å²) >= 11 is 0. The number of halogens is 3. The maximum atomic E-state index is 12.9. The topological polar surface area (TPSA) is 65.4 Å². The van der Waals surface area contributed by atoms with Crippen molar-refractivity contribution in [1.29, 1.82) is 5.26 Å². The molecule has 1 heterocycles. The molecule has 0 spiro atoms. The average molecular weight is 307 g/mol. The molecule has 0 aromatic heterocycles. The zero-order valence-electron chi connectivity index (χ0n) is 12.3. The maximum Gasteiger partial charge on any atom is 0.407 e. The van der Waals surface area contributed by atoms with E-state index in [0.29, 0.717) is 0 Å². The smallest absolute Gasteiger partial charge is 0.407 e. The van der Waals surface area contributed by atoms with Gasteiger partial charge in [0.25, 0.3) is 0 Å². The van der Waals surface area contributed by atoms with Gasteiger partial charge in [0.1, 0.15) is 5.60 Å². The zero-order valence-corrected chi connectivity index (χ0v) is 12.3. The number of nitriles is 1. The Balaban J connectivity index is 2.73. The van der Waals surface area contributed by atoms with Gasteiger partial charge in [0.15, 0.2) is 6.19 Å². The number of hydrogen-bond acceptors (Lipinski definition) is 4. The molecule has 1 N–H and O–H groups in total. The Morgan fingerprint density at radius 1 is 1.38 bits per heavy atom. The Kier molecular flexibility index (Phi) is 5.31. The lowest BCUT2D eigenvalue weighted by molar-refractivity contribution is -0.178. The van der Waals surface area contributed by atoms with Crippen molar-refractivity contribution < 1.29 is 22.7 Å². The number of nitrogens with zero attached hydrogens (tertiary/aromatic N) is 2. The highest BCUT2D eigenvalue weighted by Gasteiger charge is 2.42. The van der Waals surface area contributed by atoms with Crippen LogP contribution in [0, 0.1) is 17.4 Å². The van der Waals surface area contributed by atoms with Gasteiger partial charge in [-0.2, -0.15) is 18.4 Å². The van der Waals surface area contributed by atoms with Crippen molar-refractivity contribution in [2.45, 2.75) is 51.4 Å². The molecular formula is C13H20F3N3O2. The van der Waals surface area contributed by atoms with Gasteiger partial charge in [-0.15, -0.1) is 0 Å². The van der Waals surface area contributed by atoms with Crippen LogP contribution >= 0.6 is 0 Å². The van der Waals surface area contributed by atoms with Crippen LogP contribution in [0.2, 0.25) is 0 Å². The number of rotatable bonds is 1. The molecule has 1 amide bonds. The van der Waals surface area contributed by atoms with E-state index in [1.54, 1.807) is 20.8 Å². The third-order valence-electron chi connectivity index (χ3n) is 3.08. The van der Waals surface area contributed by atoms with E-state index >= 15 is 0 Å². The third-order valence-corrected chi connectivity index (χ3v) is 3.08. The number of carbonyl (C=O) groups is 1. The van der Waals surface area contributed by atoms with E-state index in [1.807, 2.05) is 6.19 Å². The fourth-order valence-electron chi connectivity index (χ4n) is 2.17. The predicted molar refractivity (Wildman–Crippen MR) is 69.1 cm³/mol. The molecule has 8 heteroatoms. The van der Waals surface area contributed by atoms with Crippen molar-refractivity contribution in [3.8, 4) is 6.19 Å². The molecule has 1 fully saturated rings. The van der Waals surface area contributed by atoms with Crippen molar-refractivity contribution in [2.75, 3.05) is 13.1 Å². The minimum Gasteiger partial charge on any atom is -0.444 e. The molecule has 120 valence electrons. The van der Waals surface area contributed by atoms with Crippen LogP contribution in [-0.4, -0.2) is 41.9 Å². The van der Waals surface area contributed by atoms with Crippen LogP contribution in [-0.2, 0) is 4.74 Å². The molecule has 21 heavy (non-hydrogen) atoms. The summed E-state index contributed by atoms with van der Waals surface area (Å²) in [6.07, 6.45) is -3.66. The molecule has 0 bridgehead atoms. The SMILES string of the molecule is CC(C)(C)OC(=O)NC1CC(C(F)(F)F)CCN(C#N)C1. The molecule has 0 radical (unpaired) electrons. The van der Waals surface area contributed by atoms with Crippen molar-refractivity contribution >= 4 is 6.09 Å². The largest absolute Gasteiger partial charge is 0.444 e. The zero-order chi connectivity index (χ0) is 16.3. The number of likely N-dealkylation sites (tertiary alicyclic amines) is 1. The van der Waals surface area contributed by atoms with Crippen molar-refractivity contribution in [2.24, 2.45) is 5.92 Å². The summed E-state index contributed by atoms with van der Waals surface area (Å²) in [7, 11) is 0. The van der Waals surface area contributed by atoms with E-state index in [2.05, 4.69) is 5.32 Å². The maximum absolute atomic E-state index is 12.9. The van der Waals surface area contributed by atoms with E-state index < -0.39 is 29.8 Å². The molecule has 0 aliphatic carbocycles. The highest BCUT2D eigenvalue weighted by molar-refractivity contribution is 5.68. The molecule has 1 rings (SSSR count). The third kappa shape index (κ3) is 6.10. The van der Waals surface area contributed by atoms with Gasteiger partial charge in [-0.05, 0) is 33.6 Å². The summed E-state index contributed by atoms with van der Waals surface area (Å²) < 4.78 is 43.7. The molecule has 0 aromatic rings. The van der Waals surface area contributed by atoms with E-state index in [9.17, 15) is 18.0 Å². The number of carbonyl (C=O) groups excluding carboxylic acids is 1. The normalized spacial score (nSPS) is 24.0. The minimum atomic E-state index is -4.33. The van der Waals surface area contributed by atoms with Crippen LogP contribution in [0.15, 0.2) is 0 Å². The molecule has 2 atom stereocenters. The second-order valence-corrected chi connectivity index (χ2v) is 6.15. The van der Waals surface area contributed by atoms with Crippen molar-refractivity contribution in [3.63, 3.8) is 0 Å². The number of nitrogens with one attached hydrogen (secondary N) is 1. The van der Waals surface area contributed by atoms with Crippen LogP contribution in [0.3, 0.4) is 0 Å². The van der Waals surface area contributed by atoms with Gasteiger partial charge in [0.2, 0.25) is 0 Å². The van der Waals surface area contributed by atoms with E-state index in [4.69, 9.17) is 10.00 Å². The van der Waals surface area contributed by atoms with E-state index in [0.717, 1.165) is 0 Å². The van der Waals surface area contributed by atoms with Crippen molar-refractivity contribution in [3.05, 3.63) is 0 Å². The monoisotopic (exact) mass is 307 g/mol. The first-order valence-corrected chi connectivity index (χ1v) is 6.72. The van der Waals surface area contributed by atoms with Crippen LogP contribution in [0.1, 0.15) is 33.6 Å². The molecular weight excluding hydrogens is 287 g/mol. The van der Waals surface area contributed by atoms with Crippen LogP contribution in [0.25, 0.3) is 0 Å². The molecule has 5 nitrogen and oxygen atoms in total. The fraction of sp³-hybridized carbons (Fsp3) is 0.846. The Hall–Kier alpha value is -1.65. The predicted octanol–water partition coefficient (Wildman–Crippen LogP) is 2.64. The lowest BCUT2D eigenvalue weighted by atomic mass is 9.97. The fourth-order valence-corrected chi connectivity index (χ4v) is 2.17. The van der Waals surface area contributed by atoms with Gasteiger partial charge in [-0.1, -0.05) is 0 Å². The molecule has 1 aliphatic rings. The van der Waals surface area contributed by atoms with Gasteiger partial charge < -0.3 is 15.0 Å². The minimum absolute atomic E-state index is 0.0349. The summed E-state index contributed by atoms with van der Waals surface area (Å²) in [4.78, 5) is 12.9. The van der Waals surface area contributed by atoms with Gasteiger partial charge in [-0.3, -0.25) is 0 Å². The summed E-state index contributed by atoms with van der Waals surface area (Å²) in [5, 5.41) is 11.3. The lowest BCUT2D eigenvalue weighted by Gasteiger charge is -2.25. The first-order valence-electron chi connectivity index (χ1n) is 6.72. The average Bonchev–Trinajstić information content (AvgIpc) is 2.47. The second kappa shape index (κ2) is 6.41. The summed E-state index contributed by atoms with van der Waals surface area (Å²) in [6.45, 7) is 5.09. The lowest BCUT2D eigenvalue weighted by Crippen LogP contribution is -2.44. The van der Waals surface area contributed by atoms with Gasteiger partial charge in [0.05, 0.1) is 12.0 Å². The highest BCUT2D eigenvalue weighted by Crippen LogP contribution is 2.34. The molecule has 0 aromatic carbocycles. The Bertz CT molecular complexity index is 412. The van der Waals surface area contributed by atoms with Gasteiger partial charge >= 0.3 is 12.3 Å². The summed E-state index contributed by atoms with van der Waals surface area (Å²) in [6, 6.07) is -0.770. The number of ether oxygens (including phenoxy) is 1.